The predicted molar refractivity (Wildman–Crippen MR) is 130 cm³/mol. The van der Waals surface area contributed by atoms with Gasteiger partial charge in [0.25, 0.3) is 0 Å². The first-order valence-corrected chi connectivity index (χ1v) is 11.1. The SMILES string of the molecule is COC(=O)Cc1ccc(OC)c(CNCCc2ccccc2F)c1.NCCc1ccccc1F. The van der Waals surface area contributed by atoms with E-state index < -0.39 is 0 Å². The van der Waals surface area contributed by atoms with E-state index in [0.717, 1.165) is 16.9 Å². The molecular weight excluding hydrogens is 438 g/mol. The Bertz CT molecular complexity index is 1040. The maximum atomic E-state index is 13.6. The molecule has 0 saturated heterocycles. The van der Waals surface area contributed by atoms with Gasteiger partial charge in [0.1, 0.15) is 17.4 Å². The zero-order valence-corrected chi connectivity index (χ0v) is 19.7. The summed E-state index contributed by atoms with van der Waals surface area (Å²) in [6.45, 7) is 1.72. The van der Waals surface area contributed by atoms with Gasteiger partial charge in [0, 0.05) is 12.1 Å². The quantitative estimate of drug-likeness (QED) is 0.343. The molecule has 0 amide bonds. The van der Waals surface area contributed by atoms with Gasteiger partial charge in [-0.15, -0.1) is 0 Å². The van der Waals surface area contributed by atoms with Crippen molar-refractivity contribution in [3.63, 3.8) is 0 Å². The van der Waals surface area contributed by atoms with Crippen LogP contribution in [0.1, 0.15) is 22.3 Å². The Hall–Kier alpha value is -3.29. The fourth-order valence-corrected chi connectivity index (χ4v) is 3.32. The third-order valence-electron chi connectivity index (χ3n) is 5.14. The molecule has 0 spiro atoms. The van der Waals surface area contributed by atoms with Crippen molar-refractivity contribution < 1.29 is 23.0 Å². The molecule has 0 unspecified atom stereocenters. The van der Waals surface area contributed by atoms with E-state index in [0.29, 0.717) is 43.6 Å². The lowest BCUT2D eigenvalue weighted by molar-refractivity contribution is -0.139. The molecule has 0 aliphatic carbocycles. The van der Waals surface area contributed by atoms with E-state index in [1.165, 1.54) is 19.2 Å². The largest absolute Gasteiger partial charge is 0.496 e. The Morgan fingerprint density at radius 1 is 0.882 bits per heavy atom. The van der Waals surface area contributed by atoms with Crippen LogP contribution >= 0.6 is 0 Å². The molecule has 0 bridgehead atoms. The van der Waals surface area contributed by atoms with E-state index in [1.54, 1.807) is 31.4 Å². The van der Waals surface area contributed by atoms with Crippen molar-refractivity contribution in [2.75, 3.05) is 27.3 Å². The summed E-state index contributed by atoms with van der Waals surface area (Å²) in [5.41, 5.74) is 8.47. The number of carbonyl (C=O) groups is 1. The predicted octanol–water partition coefficient (Wildman–Crippen LogP) is 4.21. The van der Waals surface area contributed by atoms with Gasteiger partial charge in [-0.3, -0.25) is 4.79 Å². The van der Waals surface area contributed by atoms with Crippen LogP contribution < -0.4 is 15.8 Å². The molecule has 182 valence electrons. The highest BCUT2D eigenvalue weighted by Gasteiger charge is 2.08. The van der Waals surface area contributed by atoms with Gasteiger partial charge in [0.15, 0.2) is 0 Å². The number of esters is 1. The lowest BCUT2D eigenvalue weighted by atomic mass is 10.1. The van der Waals surface area contributed by atoms with Crippen LogP contribution in [-0.2, 0) is 35.3 Å². The van der Waals surface area contributed by atoms with E-state index in [4.69, 9.17) is 10.5 Å². The molecule has 3 aromatic rings. The molecule has 0 fully saturated rings. The molecule has 5 nitrogen and oxygen atoms in total. The molecule has 0 radical (unpaired) electrons. The summed E-state index contributed by atoms with van der Waals surface area (Å²) in [5.74, 6) is 0.130. The lowest BCUT2D eigenvalue weighted by Crippen LogP contribution is -2.18. The van der Waals surface area contributed by atoms with Crippen LogP contribution in [0, 0.1) is 11.6 Å². The first-order chi connectivity index (χ1) is 16.5. The van der Waals surface area contributed by atoms with E-state index in [-0.39, 0.29) is 24.0 Å². The molecule has 3 N–H and O–H groups in total. The van der Waals surface area contributed by atoms with Crippen molar-refractivity contribution in [1.82, 2.24) is 5.32 Å². The molecule has 0 saturated carbocycles. The third-order valence-corrected chi connectivity index (χ3v) is 5.14. The Labute approximate surface area is 199 Å². The maximum absolute atomic E-state index is 13.6. The van der Waals surface area contributed by atoms with Crippen LogP contribution in [0.15, 0.2) is 66.7 Å². The van der Waals surface area contributed by atoms with Crippen molar-refractivity contribution in [1.29, 1.82) is 0 Å². The summed E-state index contributed by atoms with van der Waals surface area (Å²) >= 11 is 0. The van der Waals surface area contributed by atoms with E-state index >= 15 is 0 Å². The average molecular weight is 471 g/mol. The van der Waals surface area contributed by atoms with Gasteiger partial charge in [-0.25, -0.2) is 8.78 Å². The summed E-state index contributed by atoms with van der Waals surface area (Å²) in [5, 5.41) is 3.28. The molecule has 7 heteroatoms. The van der Waals surface area contributed by atoms with Crippen molar-refractivity contribution in [2.24, 2.45) is 5.73 Å². The summed E-state index contributed by atoms with van der Waals surface area (Å²) in [6.07, 6.45) is 1.45. The Balaban J connectivity index is 0.000000340. The number of rotatable bonds is 10. The standard InChI is InChI=1S/C19H22FNO3.C8H10FN/c1-23-18-8-7-14(12-19(22)24-2)11-16(18)13-21-10-9-15-5-3-4-6-17(15)20;9-8-4-2-1-3-7(8)5-6-10/h3-8,11,21H,9-10,12-13H2,1-2H3;1-4H,5-6,10H2. The highest BCUT2D eigenvalue weighted by Crippen LogP contribution is 2.20. The Kier molecular flexibility index (Phi) is 11.7. The van der Waals surface area contributed by atoms with Crippen molar-refractivity contribution >= 4 is 5.97 Å². The second kappa shape index (κ2) is 14.8. The molecule has 0 aromatic heterocycles. The van der Waals surface area contributed by atoms with Crippen molar-refractivity contribution in [2.45, 2.75) is 25.8 Å². The zero-order chi connectivity index (χ0) is 24.8. The molecule has 3 aromatic carbocycles. The van der Waals surface area contributed by atoms with Crippen LogP contribution in [0.2, 0.25) is 0 Å². The van der Waals surface area contributed by atoms with Crippen molar-refractivity contribution in [3.8, 4) is 5.75 Å². The summed E-state index contributed by atoms with van der Waals surface area (Å²) in [6, 6.07) is 19.1. The third kappa shape index (κ3) is 8.92. The second-order valence-corrected chi connectivity index (χ2v) is 7.55. The minimum absolute atomic E-state index is 0.159. The minimum Gasteiger partial charge on any atom is -0.496 e. The minimum atomic E-state index is -0.279. The van der Waals surface area contributed by atoms with Gasteiger partial charge in [0.05, 0.1) is 20.6 Å². The van der Waals surface area contributed by atoms with Crippen LogP contribution in [0.3, 0.4) is 0 Å². The molecule has 0 atom stereocenters. The highest BCUT2D eigenvalue weighted by molar-refractivity contribution is 5.72. The van der Waals surface area contributed by atoms with Gasteiger partial charge in [-0.05, 0) is 60.8 Å². The summed E-state index contributed by atoms with van der Waals surface area (Å²) in [7, 11) is 2.98. The lowest BCUT2D eigenvalue weighted by Gasteiger charge is -2.12. The maximum Gasteiger partial charge on any atom is 0.309 e. The number of carbonyl (C=O) groups excluding carboxylic acids is 1. The topological polar surface area (TPSA) is 73.6 Å². The number of methoxy groups -OCH3 is 2. The fourth-order valence-electron chi connectivity index (χ4n) is 3.32. The Morgan fingerprint density at radius 2 is 1.50 bits per heavy atom. The van der Waals surface area contributed by atoms with Gasteiger partial charge in [-0.2, -0.15) is 0 Å². The zero-order valence-electron chi connectivity index (χ0n) is 19.7. The number of nitrogens with one attached hydrogen (secondary N) is 1. The molecule has 0 heterocycles. The van der Waals surface area contributed by atoms with Crippen LogP contribution in [0.25, 0.3) is 0 Å². The number of nitrogens with two attached hydrogens (primary N) is 1. The first-order valence-electron chi connectivity index (χ1n) is 11.1. The second-order valence-electron chi connectivity index (χ2n) is 7.55. The summed E-state index contributed by atoms with van der Waals surface area (Å²) in [4.78, 5) is 11.4. The van der Waals surface area contributed by atoms with E-state index in [1.807, 2.05) is 30.3 Å². The molecule has 0 aliphatic heterocycles. The monoisotopic (exact) mass is 470 g/mol. The average Bonchev–Trinajstić information content (AvgIpc) is 2.85. The van der Waals surface area contributed by atoms with Crippen LogP contribution in [-0.4, -0.2) is 33.3 Å². The number of halogens is 2. The van der Waals surface area contributed by atoms with Gasteiger partial charge >= 0.3 is 5.97 Å². The normalized spacial score (nSPS) is 10.3. The molecule has 0 aliphatic rings. The van der Waals surface area contributed by atoms with Gasteiger partial charge < -0.3 is 20.5 Å². The highest BCUT2D eigenvalue weighted by atomic mass is 19.1. The number of hydrogen-bond donors (Lipinski definition) is 2. The first kappa shape index (κ1) is 27.0. The Morgan fingerprint density at radius 3 is 2.06 bits per heavy atom. The van der Waals surface area contributed by atoms with Crippen molar-refractivity contribution in [3.05, 3.63) is 101 Å². The molecule has 3 rings (SSSR count). The molecule has 34 heavy (non-hydrogen) atoms. The van der Waals surface area contributed by atoms with Gasteiger partial charge in [0.2, 0.25) is 0 Å². The summed E-state index contributed by atoms with van der Waals surface area (Å²) < 4.78 is 36.3. The fraction of sp³-hybridized carbons (Fsp3) is 0.296. The van der Waals surface area contributed by atoms with Crippen LogP contribution in [0.4, 0.5) is 8.78 Å². The number of hydrogen-bond acceptors (Lipinski definition) is 5. The number of ether oxygens (including phenoxy) is 2. The van der Waals surface area contributed by atoms with Gasteiger partial charge in [-0.1, -0.05) is 48.5 Å². The van der Waals surface area contributed by atoms with Crippen LogP contribution in [0.5, 0.6) is 5.75 Å². The van der Waals surface area contributed by atoms with E-state index in [2.05, 4.69) is 10.1 Å². The van der Waals surface area contributed by atoms with E-state index in [9.17, 15) is 13.6 Å². The number of benzene rings is 3. The smallest absolute Gasteiger partial charge is 0.309 e. The molecular formula is C27H32F2N2O3.